The van der Waals surface area contributed by atoms with Crippen molar-refractivity contribution < 1.29 is 19.0 Å². The summed E-state index contributed by atoms with van der Waals surface area (Å²) in [4.78, 5) is 14.0. The Balaban J connectivity index is 2.28. The van der Waals surface area contributed by atoms with Crippen LogP contribution in [0.25, 0.3) is 0 Å². The van der Waals surface area contributed by atoms with E-state index >= 15 is 0 Å². The molecule has 1 aliphatic heterocycles. The van der Waals surface area contributed by atoms with Crippen LogP contribution >= 0.6 is 0 Å². The molecule has 1 amide bonds. The van der Waals surface area contributed by atoms with Gasteiger partial charge in [0.1, 0.15) is 6.61 Å². The van der Waals surface area contributed by atoms with Crippen LogP contribution in [0.15, 0.2) is 0 Å². The zero-order valence-corrected chi connectivity index (χ0v) is 12.7. The van der Waals surface area contributed by atoms with E-state index in [1.165, 1.54) is 0 Å². The number of ether oxygens (including phenoxy) is 3. The third kappa shape index (κ3) is 7.19. The van der Waals surface area contributed by atoms with Gasteiger partial charge in [0.2, 0.25) is 5.91 Å². The SMILES string of the molecule is COCCCN(CCOC)C(=O)COC1CCNCC1. The average molecular weight is 288 g/mol. The molecule has 1 rings (SSSR count). The standard InChI is InChI=1S/C14H28N2O4/c1-18-10-3-8-16(9-11-19-2)14(17)12-20-13-4-6-15-7-5-13/h13,15H,3-12H2,1-2H3. The van der Waals surface area contributed by atoms with Gasteiger partial charge in [-0.3, -0.25) is 4.79 Å². The van der Waals surface area contributed by atoms with Gasteiger partial charge in [-0.2, -0.15) is 0 Å². The number of carbonyl (C=O) groups excluding carboxylic acids is 1. The van der Waals surface area contributed by atoms with Crippen molar-refractivity contribution in [3.8, 4) is 0 Å². The van der Waals surface area contributed by atoms with Crippen LogP contribution in [-0.4, -0.2) is 77.1 Å². The minimum Gasteiger partial charge on any atom is -0.385 e. The molecule has 6 nitrogen and oxygen atoms in total. The number of amides is 1. The van der Waals surface area contributed by atoms with Gasteiger partial charge in [0.15, 0.2) is 0 Å². The average Bonchev–Trinajstić information content (AvgIpc) is 2.49. The fraction of sp³-hybridized carbons (Fsp3) is 0.929. The van der Waals surface area contributed by atoms with Gasteiger partial charge in [-0.15, -0.1) is 0 Å². The molecule has 0 spiro atoms. The topological polar surface area (TPSA) is 60.0 Å². The lowest BCUT2D eigenvalue weighted by molar-refractivity contribution is -0.139. The molecule has 1 heterocycles. The van der Waals surface area contributed by atoms with E-state index in [1.54, 1.807) is 19.1 Å². The summed E-state index contributed by atoms with van der Waals surface area (Å²) >= 11 is 0. The molecule has 118 valence electrons. The molecule has 1 saturated heterocycles. The Morgan fingerprint density at radius 2 is 1.85 bits per heavy atom. The van der Waals surface area contributed by atoms with E-state index < -0.39 is 0 Å². The Kier molecular flexibility index (Phi) is 9.57. The summed E-state index contributed by atoms with van der Waals surface area (Å²) in [7, 11) is 3.31. The van der Waals surface area contributed by atoms with Crippen LogP contribution in [-0.2, 0) is 19.0 Å². The lowest BCUT2D eigenvalue weighted by Crippen LogP contribution is -2.40. The van der Waals surface area contributed by atoms with Gasteiger partial charge < -0.3 is 24.4 Å². The van der Waals surface area contributed by atoms with Crippen molar-refractivity contribution in [3.63, 3.8) is 0 Å². The number of carbonyl (C=O) groups is 1. The second-order valence-electron chi connectivity index (χ2n) is 4.98. The van der Waals surface area contributed by atoms with Gasteiger partial charge in [0.05, 0.1) is 12.7 Å². The van der Waals surface area contributed by atoms with Gasteiger partial charge >= 0.3 is 0 Å². The number of piperidine rings is 1. The van der Waals surface area contributed by atoms with E-state index in [9.17, 15) is 4.79 Å². The van der Waals surface area contributed by atoms with Crippen LogP contribution in [0.2, 0.25) is 0 Å². The predicted molar refractivity (Wildman–Crippen MR) is 76.8 cm³/mol. The lowest BCUT2D eigenvalue weighted by atomic mass is 10.1. The highest BCUT2D eigenvalue weighted by Crippen LogP contribution is 2.07. The maximum Gasteiger partial charge on any atom is 0.248 e. The highest BCUT2D eigenvalue weighted by Gasteiger charge is 2.18. The predicted octanol–water partition coefficient (Wildman–Crippen LogP) is 0.267. The molecule has 6 heteroatoms. The van der Waals surface area contributed by atoms with Crippen LogP contribution in [0.5, 0.6) is 0 Å². The van der Waals surface area contributed by atoms with E-state index in [1.807, 2.05) is 0 Å². The minimum atomic E-state index is 0.0386. The summed E-state index contributed by atoms with van der Waals surface area (Å²) in [6, 6.07) is 0. The highest BCUT2D eigenvalue weighted by atomic mass is 16.5. The van der Waals surface area contributed by atoms with E-state index in [4.69, 9.17) is 14.2 Å². The smallest absolute Gasteiger partial charge is 0.248 e. The molecule has 1 aliphatic rings. The van der Waals surface area contributed by atoms with Gasteiger partial charge in [0, 0.05) is 33.9 Å². The number of nitrogens with one attached hydrogen (secondary N) is 1. The second kappa shape index (κ2) is 11.0. The van der Waals surface area contributed by atoms with Crippen LogP contribution in [0.4, 0.5) is 0 Å². The number of hydrogen-bond acceptors (Lipinski definition) is 5. The maximum atomic E-state index is 12.2. The number of hydrogen-bond donors (Lipinski definition) is 1. The second-order valence-corrected chi connectivity index (χ2v) is 4.98. The minimum absolute atomic E-state index is 0.0386. The third-order valence-corrected chi connectivity index (χ3v) is 3.42. The summed E-state index contributed by atoms with van der Waals surface area (Å²) in [5.41, 5.74) is 0. The van der Waals surface area contributed by atoms with Crippen LogP contribution in [0.3, 0.4) is 0 Å². The maximum absolute atomic E-state index is 12.2. The fourth-order valence-electron chi connectivity index (χ4n) is 2.20. The summed E-state index contributed by atoms with van der Waals surface area (Å²) in [6.45, 7) is 4.61. The summed E-state index contributed by atoms with van der Waals surface area (Å²) in [5.74, 6) is 0.0386. The molecule has 0 aromatic rings. The van der Waals surface area contributed by atoms with Crippen molar-refractivity contribution in [2.45, 2.75) is 25.4 Å². The molecule has 0 aromatic carbocycles. The van der Waals surface area contributed by atoms with Gasteiger partial charge in [-0.05, 0) is 32.4 Å². The number of nitrogens with zero attached hydrogens (tertiary/aromatic N) is 1. The Morgan fingerprint density at radius 3 is 2.50 bits per heavy atom. The molecule has 1 N–H and O–H groups in total. The van der Waals surface area contributed by atoms with Gasteiger partial charge in [0.25, 0.3) is 0 Å². The quantitative estimate of drug-likeness (QED) is 0.585. The molecule has 0 aliphatic carbocycles. The first-order valence-corrected chi connectivity index (χ1v) is 7.36. The van der Waals surface area contributed by atoms with Gasteiger partial charge in [-0.25, -0.2) is 0 Å². The van der Waals surface area contributed by atoms with Crippen molar-refractivity contribution >= 4 is 5.91 Å². The highest BCUT2D eigenvalue weighted by molar-refractivity contribution is 5.77. The van der Waals surface area contributed by atoms with Crippen molar-refractivity contribution in [1.82, 2.24) is 10.2 Å². The number of rotatable bonds is 10. The first-order valence-electron chi connectivity index (χ1n) is 7.36. The van der Waals surface area contributed by atoms with E-state index in [2.05, 4.69) is 5.32 Å². The summed E-state index contributed by atoms with van der Waals surface area (Å²) in [6.07, 6.45) is 3.01. The molecule has 0 radical (unpaired) electrons. The Hall–Kier alpha value is -0.690. The first-order chi connectivity index (χ1) is 9.77. The van der Waals surface area contributed by atoms with Crippen molar-refractivity contribution in [2.75, 3.05) is 60.2 Å². The first kappa shape index (κ1) is 17.4. The zero-order chi connectivity index (χ0) is 14.6. The van der Waals surface area contributed by atoms with Crippen molar-refractivity contribution in [1.29, 1.82) is 0 Å². The molecular weight excluding hydrogens is 260 g/mol. The summed E-state index contributed by atoms with van der Waals surface area (Å²) < 4.78 is 15.8. The molecule has 0 aromatic heterocycles. The Bertz CT molecular complexity index is 258. The number of methoxy groups -OCH3 is 2. The van der Waals surface area contributed by atoms with E-state index in [0.717, 1.165) is 32.4 Å². The molecule has 20 heavy (non-hydrogen) atoms. The van der Waals surface area contributed by atoms with E-state index in [-0.39, 0.29) is 18.6 Å². The van der Waals surface area contributed by atoms with Crippen LogP contribution in [0, 0.1) is 0 Å². The van der Waals surface area contributed by atoms with E-state index in [0.29, 0.717) is 26.3 Å². The largest absolute Gasteiger partial charge is 0.385 e. The fourth-order valence-corrected chi connectivity index (χ4v) is 2.20. The normalized spacial score (nSPS) is 16.3. The van der Waals surface area contributed by atoms with Crippen molar-refractivity contribution in [2.24, 2.45) is 0 Å². The third-order valence-electron chi connectivity index (χ3n) is 3.42. The zero-order valence-electron chi connectivity index (χ0n) is 12.7. The Labute approximate surface area is 121 Å². The van der Waals surface area contributed by atoms with Crippen LogP contribution < -0.4 is 5.32 Å². The van der Waals surface area contributed by atoms with Crippen LogP contribution in [0.1, 0.15) is 19.3 Å². The van der Waals surface area contributed by atoms with Gasteiger partial charge in [-0.1, -0.05) is 0 Å². The molecular formula is C14H28N2O4. The summed E-state index contributed by atoms with van der Waals surface area (Å²) in [5, 5.41) is 3.28. The monoisotopic (exact) mass is 288 g/mol. The van der Waals surface area contributed by atoms with Crippen molar-refractivity contribution in [3.05, 3.63) is 0 Å². The molecule has 0 bridgehead atoms. The lowest BCUT2D eigenvalue weighted by Gasteiger charge is -2.26. The molecule has 0 saturated carbocycles. The molecule has 0 atom stereocenters. The molecule has 0 unspecified atom stereocenters. The Morgan fingerprint density at radius 1 is 1.15 bits per heavy atom. The molecule has 1 fully saturated rings.